The van der Waals surface area contributed by atoms with Gasteiger partial charge in [-0.05, 0) is 32.9 Å². The molecule has 3 amide bonds. The number of carbonyl (C=O) groups is 4. The van der Waals surface area contributed by atoms with Gasteiger partial charge >= 0.3 is 0 Å². The number of pyridine rings is 1. The van der Waals surface area contributed by atoms with Crippen LogP contribution >= 0.6 is 0 Å². The summed E-state index contributed by atoms with van der Waals surface area (Å²) in [4.78, 5) is 67.4. The molecule has 0 spiro atoms. The number of hydrogen-bond acceptors (Lipinski definition) is 8. The molecule has 3 aromatic heterocycles. The Morgan fingerprint density at radius 1 is 1.14 bits per heavy atom. The minimum atomic E-state index is -0.506. The minimum absolute atomic E-state index is 0.00830. The average molecular weight is 578 g/mol. The Labute approximate surface area is 242 Å². The Kier molecular flexibility index (Phi) is 8.05. The molecule has 14 heteroatoms. The number of carbonyl (C=O) groups excluding carboxylic acids is 4. The molecule has 0 radical (unpaired) electrons. The number of rotatable bonds is 4. The predicted molar refractivity (Wildman–Crippen MR) is 150 cm³/mol. The number of fused-ring (bicyclic) bond motifs is 6. The summed E-state index contributed by atoms with van der Waals surface area (Å²) in [6.45, 7) is 6.73. The molecular weight excluding hydrogens is 542 g/mol. The van der Waals surface area contributed by atoms with E-state index in [0.717, 1.165) is 5.69 Å². The second kappa shape index (κ2) is 11.7. The molecule has 0 saturated carbocycles. The third-order valence-electron chi connectivity index (χ3n) is 8.12. The second-order valence-corrected chi connectivity index (χ2v) is 11.0. The van der Waals surface area contributed by atoms with Gasteiger partial charge in [-0.15, -0.1) is 5.10 Å². The maximum atomic E-state index is 13.4. The maximum absolute atomic E-state index is 13.4. The summed E-state index contributed by atoms with van der Waals surface area (Å²) < 4.78 is 4.77. The second-order valence-electron chi connectivity index (χ2n) is 11.0. The largest absolute Gasteiger partial charge is 0.350 e. The lowest BCUT2D eigenvalue weighted by atomic mass is 9.99. The van der Waals surface area contributed by atoms with E-state index in [4.69, 9.17) is 0 Å². The molecule has 5 heterocycles. The van der Waals surface area contributed by atoms with Crippen molar-refractivity contribution in [3.8, 4) is 0 Å². The summed E-state index contributed by atoms with van der Waals surface area (Å²) in [6.07, 6.45) is 3.69. The molecule has 0 aliphatic carbocycles. The summed E-state index contributed by atoms with van der Waals surface area (Å²) in [5.74, 6) is -0.991. The van der Waals surface area contributed by atoms with Gasteiger partial charge in [0.05, 0.1) is 30.0 Å². The van der Waals surface area contributed by atoms with Crippen molar-refractivity contribution in [1.29, 1.82) is 0 Å². The zero-order valence-electron chi connectivity index (χ0n) is 24.2. The van der Waals surface area contributed by atoms with Crippen molar-refractivity contribution in [3.63, 3.8) is 0 Å². The molecule has 0 aromatic carbocycles. The van der Waals surface area contributed by atoms with Crippen molar-refractivity contribution in [2.24, 2.45) is 5.92 Å². The molecule has 5 rings (SSSR count). The number of aromatic nitrogens is 6. The monoisotopic (exact) mass is 577 g/mol. The number of likely N-dealkylation sites (tertiary alicyclic amines) is 1. The van der Waals surface area contributed by atoms with Crippen LogP contribution in [0.2, 0.25) is 0 Å². The van der Waals surface area contributed by atoms with Crippen LogP contribution in [0.5, 0.6) is 0 Å². The lowest BCUT2D eigenvalue weighted by Crippen LogP contribution is -2.39. The van der Waals surface area contributed by atoms with E-state index in [1.807, 2.05) is 6.92 Å². The molecule has 1 fully saturated rings. The first kappa shape index (κ1) is 28.9. The molecule has 14 nitrogen and oxygen atoms in total. The number of amides is 3. The van der Waals surface area contributed by atoms with Gasteiger partial charge in [0.1, 0.15) is 11.3 Å². The molecule has 0 unspecified atom stereocenters. The molecule has 3 aromatic rings. The lowest BCUT2D eigenvalue weighted by Gasteiger charge is -2.22. The minimum Gasteiger partial charge on any atom is -0.350 e. The Morgan fingerprint density at radius 3 is 2.67 bits per heavy atom. The van der Waals surface area contributed by atoms with Gasteiger partial charge in [-0.1, -0.05) is 5.21 Å². The van der Waals surface area contributed by atoms with Gasteiger partial charge in [0.25, 0.3) is 11.5 Å². The molecule has 1 N–H and O–H groups in total. The zero-order chi connectivity index (χ0) is 30.1. The number of likely N-dealkylation sites (N-methyl/N-ethyl adjacent to an activating group) is 1. The van der Waals surface area contributed by atoms with Crippen LogP contribution in [0.4, 0.5) is 0 Å². The highest BCUT2D eigenvalue weighted by molar-refractivity contribution is 5.96. The molecule has 42 heavy (non-hydrogen) atoms. The van der Waals surface area contributed by atoms with Gasteiger partial charge in [0.15, 0.2) is 5.78 Å². The SMILES string of the molecule is CC(=O)c1c(C)nn(CCC(=O)N2C[C@@H]3CC(=O)N(C)CCNC(=O)c4cccn(c4=O)Cc4cn(nn4)[C@@H]3C2)c1C. The standard InChI is InChI=1S/C28H35N9O5/c1-17-26(19(3)38)18(2)36(31-17)10-7-24(39)35-13-20-12-25(40)33(4)11-8-29-27(41)22-6-5-9-34(28(22)42)14-21-15-37(32-30-21)23(20)16-35/h5-6,9,15,20,23H,7-8,10-14,16H2,1-4H3,(H,29,41)/t20-,23+/m0/s1. The topological polar surface area (TPSA) is 157 Å². The zero-order valence-corrected chi connectivity index (χ0v) is 24.2. The van der Waals surface area contributed by atoms with Crippen LogP contribution in [0.1, 0.15) is 63.6 Å². The number of nitrogens with one attached hydrogen (secondary N) is 1. The van der Waals surface area contributed by atoms with E-state index in [-0.39, 0.29) is 67.6 Å². The lowest BCUT2D eigenvalue weighted by molar-refractivity contribution is -0.132. The number of aryl methyl sites for hydroxylation is 2. The smallest absolute Gasteiger partial charge is 0.263 e. The van der Waals surface area contributed by atoms with Gasteiger partial charge in [0.2, 0.25) is 11.8 Å². The van der Waals surface area contributed by atoms with Gasteiger partial charge in [-0.25, -0.2) is 4.68 Å². The number of ketones is 1. The van der Waals surface area contributed by atoms with E-state index in [1.165, 1.54) is 17.6 Å². The van der Waals surface area contributed by atoms with Crippen LogP contribution in [0.3, 0.4) is 0 Å². The van der Waals surface area contributed by atoms with E-state index in [1.54, 1.807) is 51.6 Å². The van der Waals surface area contributed by atoms with Crippen molar-refractivity contribution >= 4 is 23.5 Å². The van der Waals surface area contributed by atoms with Gasteiger partial charge in [-0.2, -0.15) is 5.10 Å². The Hall–Kier alpha value is -4.62. The molecule has 222 valence electrons. The third kappa shape index (κ3) is 5.74. The Balaban J connectivity index is 1.37. The van der Waals surface area contributed by atoms with E-state index in [2.05, 4.69) is 20.7 Å². The molecule has 1 saturated heterocycles. The van der Waals surface area contributed by atoms with E-state index < -0.39 is 11.5 Å². The highest BCUT2D eigenvalue weighted by atomic mass is 16.2. The summed E-state index contributed by atoms with van der Waals surface area (Å²) in [5, 5.41) is 15.7. The maximum Gasteiger partial charge on any atom is 0.263 e. The summed E-state index contributed by atoms with van der Waals surface area (Å²) in [5.41, 5.74) is 2.03. The fraction of sp³-hybridized carbons (Fsp3) is 0.500. The first-order valence-corrected chi connectivity index (χ1v) is 14.0. The van der Waals surface area contributed by atoms with Crippen molar-refractivity contribution < 1.29 is 19.2 Å². The van der Waals surface area contributed by atoms with Crippen molar-refractivity contribution in [3.05, 3.63) is 63.1 Å². The van der Waals surface area contributed by atoms with Gasteiger partial charge < -0.3 is 19.7 Å². The highest BCUT2D eigenvalue weighted by Gasteiger charge is 2.38. The van der Waals surface area contributed by atoms with Crippen LogP contribution in [-0.4, -0.2) is 95.9 Å². The number of hydrogen-bond donors (Lipinski definition) is 1. The predicted octanol–water partition coefficient (Wildman–Crippen LogP) is 0.186. The number of Topliss-reactive ketones (excluding diaryl/α,β-unsaturated/α-hetero) is 1. The molecular formula is C28H35N9O5. The summed E-state index contributed by atoms with van der Waals surface area (Å²) in [7, 11) is 1.66. The van der Waals surface area contributed by atoms with Gasteiger partial charge in [0, 0.05) is 70.4 Å². The van der Waals surface area contributed by atoms with Crippen LogP contribution in [-0.2, 0) is 22.7 Å². The van der Waals surface area contributed by atoms with Crippen LogP contribution in [0.15, 0.2) is 29.3 Å². The van der Waals surface area contributed by atoms with Crippen LogP contribution in [0.25, 0.3) is 0 Å². The highest BCUT2D eigenvalue weighted by Crippen LogP contribution is 2.31. The average Bonchev–Trinajstić information content (AvgIpc) is 3.64. The first-order valence-electron chi connectivity index (χ1n) is 14.0. The summed E-state index contributed by atoms with van der Waals surface area (Å²) in [6, 6.07) is 2.80. The Morgan fingerprint density at radius 2 is 1.93 bits per heavy atom. The van der Waals surface area contributed by atoms with E-state index in [0.29, 0.717) is 36.6 Å². The fourth-order valence-electron chi connectivity index (χ4n) is 5.84. The molecule has 2 atom stereocenters. The first-order chi connectivity index (χ1) is 20.0. The molecule has 2 aliphatic heterocycles. The van der Waals surface area contributed by atoms with Crippen LogP contribution in [0, 0.1) is 19.8 Å². The Bertz CT molecular complexity index is 1600. The number of nitrogens with zero attached hydrogens (tertiary/aromatic N) is 8. The normalized spacial score (nSPS) is 19.5. The third-order valence-corrected chi connectivity index (χ3v) is 8.12. The van der Waals surface area contributed by atoms with E-state index >= 15 is 0 Å². The summed E-state index contributed by atoms with van der Waals surface area (Å²) >= 11 is 0. The van der Waals surface area contributed by atoms with Crippen molar-refractivity contribution in [1.82, 2.24) is 44.5 Å². The van der Waals surface area contributed by atoms with Crippen molar-refractivity contribution in [2.75, 3.05) is 33.2 Å². The molecule has 4 bridgehead atoms. The van der Waals surface area contributed by atoms with E-state index in [9.17, 15) is 24.0 Å². The van der Waals surface area contributed by atoms with Gasteiger partial charge in [-0.3, -0.25) is 28.7 Å². The van der Waals surface area contributed by atoms with Crippen molar-refractivity contribution in [2.45, 2.75) is 52.7 Å². The fourth-order valence-corrected chi connectivity index (χ4v) is 5.84. The molecule has 2 aliphatic rings. The van der Waals surface area contributed by atoms with Crippen LogP contribution < -0.4 is 10.9 Å². The quantitative estimate of drug-likeness (QED) is 0.431.